The van der Waals surface area contributed by atoms with Crippen molar-refractivity contribution in [3.63, 3.8) is 0 Å². The van der Waals surface area contributed by atoms with Gasteiger partial charge in [0.1, 0.15) is 17.2 Å². The van der Waals surface area contributed by atoms with Crippen molar-refractivity contribution in [2.24, 2.45) is 0 Å². The SMILES string of the molecule is CCOC1=CC(=C2C=C(OCC)C=C(C)[N+]2=O)N([O-])C(C)=C1. The molecule has 2 heterocycles. The Hall–Kier alpha value is -2.34. The van der Waals surface area contributed by atoms with E-state index in [9.17, 15) is 10.1 Å². The molecule has 0 atom stereocenters. The lowest BCUT2D eigenvalue weighted by atomic mass is 10.1. The molecule has 0 bridgehead atoms. The van der Waals surface area contributed by atoms with Gasteiger partial charge in [-0.1, -0.05) is 0 Å². The highest BCUT2D eigenvalue weighted by molar-refractivity contribution is 5.42. The van der Waals surface area contributed by atoms with E-state index in [1.54, 1.807) is 38.2 Å². The monoisotopic (exact) mass is 304 g/mol. The summed E-state index contributed by atoms with van der Waals surface area (Å²) in [6.45, 7) is 8.04. The Morgan fingerprint density at radius 1 is 1.05 bits per heavy atom. The highest BCUT2D eigenvalue weighted by Crippen LogP contribution is 2.29. The number of nitrogens with zero attached hydrogens (tertiary/aromatic N) is 2. The van der Waals surface area contributed by atoms with E-state index in [4.69, 9.17) is 9.47 Å². The second-order valence-corrected chi connectivity index (χ2v) is 4.89. The number of hydrogen-bond acceptors (Lipinski definition) is 5. The summed E-state index contributed by atoms with van der Waals surface area (Å²) in [5.74, 6) is 1.11. The summed E-state index contributed by atoms with van der Waals surface area (Å²) in [4.78, 5) is 12.3. The van der Waals surface area contributed by atoms with E-state index < -0.39 is 0 Å². The zero-order valence-corrected chi connectivity index (χ0v) is 13.3. The molecule has 0 amide bonds. The molecule has 0 spiro atoms. The van der Waals surface area contributed by atoms with E-state index in [1.807, 2.05) is 13.8 Å². The van der Waals surface area contributed by atoms with Gasteiger partial charge in [0.25, 0.3) is 5.70 Å². The van der Waals surface area contributed by atoms with E-state index in [1.165, 1.54) is 0 Å². The fraction of sp³-hybridized carbons (Fsp3) is 0.375. The van der Waals surface area contributed by atoms with Crippen LogP contribution in [0.25, 0.3) is 0 Å². The predicted molar refractivity (Wildman–Crippen MR) is 82.8 cm³/mol. The molecule has 0 saturated heterocycles. The number of nitroso groups, excluding NO2 is 1. The normalized spacial score (nSPS) is 21.9. The molecule has 2 aliphatic heterocycles. The van der Waals surface area contributed by atoms with Gasteiger partial charge in [0, 0.05) is 23.6 Å². The molecule has 118 valence electrons. The van der Waals surface area contributed by atoms with Crippen LogP contribution in [0.1, 0.15) is 27.7 Å². The van der Waals surface area contributed by atoms with Gasteiger partial charge in [0.2, 0.25) is 5.70 Å². The van der Waals surface area contributed by atoms with Crippen molar-refractivity contribution in [3.8, 4) is 0 Å². The summed E-state index contributed by atoms with van der Waals surface area (Å²) in [5, 5.41) is 13.1. The van der Waals surface area contributed by atoms with Crippen LogP contribution in [0.5, 0.6) is 0 Å². The van der Waals surface area contributed by atoms with E-state index in [2.05, 4.69) is 0 Å². The van der Waals surface area contributed by atoms with Crippen molar-refractivity contribution in [2.75, 3.05) is 13.2 Å². The van der Waals surface area contributed by atoms with E-state index in [-0.39, 0.29) is 11.4 Å². The first-order valence-corrected chi connectivity index (χ1v) is 7.22. The average Bonchev–Trinajstić information content (AvgIpc) is 2.47. The quantitative estimate of drug-likeness (QED) is 0.744. The van der Waals surface area contributed by atoms with E-state index >= 15 is 0 Å². The molecule has 0 aromatic rings. The van der Waals surface area contributed by atoms with Gasteiger partial charge in [-0.25, -0.2) is 0 Å². The van der Waals surface area contributed by atoms with Crippen molar-refractivity contribution in [1.82, 2.24) is 5.06 Å². The Kier molecular flexibility index (Phi) is 4.82. The molecule has 2 rings (SSSR count). The van der Waals surface area contributed by atoms with Crippen molar-refractivity contribution in [3.05, 3.63) is 68.7 Å². The van der Waals surface area contributed by atoms with Crippen molar-refractivity contribution in [2.45, 2.75) is 27.7 Å². The van der Waals surface area contributed by atoms with E-state index in [0.717, 1.165) is 9.82 Å². The summed E-state index contributed by atoms with van der Waals surface area (Å²) in [6.07, 6.45) is 6.44. The summed E-state index contributed by atoms with van der Waals surface area (Å²) in [7, 11) is 0. The molecule has 0 aromatic heterocycles. The van der Waals surface area contributed by atoms with Crippen LogP contribution in [0, 0.1) is 10.1 Å². The summed E-state index contributed by atoms with van der Waals surface area (Å²) >= 11 is 0. The molecule has 0 radical (unpaired) electrons. The van der Waals surface area contributed by atoms with Gasteiger partial charge in [0.05, 0.1) is 30.1 Å². The lowest BCUT2D eigenvalue weighted by Crippen LogP contribution is -2.22. The van der Waals surface area contributed by atoms with E-state index in [0.29, 0.717) is 36.1 Å². The fourth-order valence-electron chi connectivity index (χ4n) is 2.24. The van der Waals surface area contributed by atoms with Crippen molar-refractivity contribution in [1.29, 1.82) is 0 Å². The highest BCUT2D eigenvalue weighted by atomic mass is 16.5. The fourth-order valence-corrected chi connectivity index (χ4v) is 2.24. The minimum Gasteiger partial charge on any atom is -0.754 e. The van der Waals surface area contributed by atoms with Crippen LogP contribution in [0.3, 0.4) is 0 Å². The van der Waals surface area contributed by atoms with Gasteiger partial charge in [-0.05, 0) is 26.8 Å². The van der Waals surface area contributed by atoms with Crippen LogP contribution < -0.4 is 0 Å². The van der Waals surface area contributed by atoms with Crippen LogP contribution in [0.4, 0.5) is 0 Å². The summed E-state index contributed by atoms with van der Waals surface area (Å²) in [6, 6.07) is 0. The predicted octanol–water partition coefficient (Wildman–Crippen LogP) is 3.45. The molecule has 0 saturated carbocycles. The number of allylic oxidation sites excluding steroid dienone is 6. The molecular weight excluding hydrogens is 284 g/mol. The zero-order valence-electron chi connectivity index (χ0n) is 13.3. The number of hydrogen-bond donors (Lipinski definition) is 0. The molecule has 6 heteroatoms. The molecule has 0 N–H and O–H groups in total. The standard InChI is InChI=1S/C16H20N2O4/c1-5-21-13-7-11(3)17(19)15(9-13)16-10-14(22-6-2)8-12(4)18(16)20/h7-10H,5-6H2,1-4H3. The largest absolute Gasteiger partial charge is 0.754 e. The van der Waals surface area contributed by atoms with Gasteiger partial charge < -0.3 is 19.7 Å². The Bertz CT molecular complexity index is 639. The minimum atomic E-state index is 0.239. The smallest absolute Gasteiger partial charge is 0.289 e. The Balaban J connectivity index is 2.53. The molecule has 0 aliphatic carbocycles. The first-order valence-electron chi connectivity index (χ1n) is 7.22. The molecule has 0 fully saturated rings. The number of ether oxygens (including phenoxy) is 2. The van der Waals surface area contributed by atoms with Gasteiger partial charge in [0.15, 0.2) is 0 Å². The van der Waals surface area contributed by atoms with Crippen LogP contribution >= 0.6 is 0 Å². The zero-order chi connectivity index (χ0) is 16.3. The van der Waals surface area contributed by atoms with Crippen LogP contribution in [-0.4, -0.2) is 23.0 Å². The summed E-state index contributed by atoms with van der Waals surface area (Å²) < 4.78 is 11.6. The van der Waals surface area contributed by atoms with Gasteiger partial charge in [-0.15, -0.1) is 0 Å². The van der Waals surface area contributed by atoms with Crippen molar-refractivity contribution < 1.29 is 14.2 Å². The maximum Gasteiger partial charge on any atom is 0.289 e. The molecule has 2 aliphatic rings. The number of hydroxylamine groups is 2. The first-order chi connectivity index (χ1) is 10.5. The Morgan fingerprint density at radius 3 is 2.23 bits per heavy atom. The molecule has 0 unspecified atom stereocenters. The van der Waals surface area contributed by atoms with Gasteiger partial charge in [-0.3, -0.25) is 0 Å². The molecule has 22 heavy (non-hydrogen) atoms. The van der Waals surface area contributed by atoms with Crippen molar-refractivity contribution >= 4 is 0 Å². The lowest BCUT2D eigenvalue weighted by Gasteiger charge is -2.34. The van der Waals surface area contributed by atoms with Crippen LogP contribution in [-0.2, 0) is 9.47 Å². The maximum absolute atomic E-state index is 12.3. The number of rotatable bonds is 4. The first kappa shape index (κ1) is 16.0. The molecule has 0 aromatic carbocycles. The Morgan fingerprint density at radius 2 is 1.64 bits per heavy atom. The Labute approximate surface area is 129 Å². The average molecular weight is 304 g/mol. The van der Waals surface area contributed by atoms with Gasteiger partial charge in [-0.2, -0.15) is 0 Å². The second kappa shape index (κ2) is 6.62. The lowest BCUT2D eigenvalue weighted by molar-refractivity contribution is -0.443. The highest BCUT2D eigenvalue weighted by Gasteiger charge is 2.30. The third-order valence-corrected chi connectivity index (χ3v) is 3.22. The minimum absolute atomic E-state index is 0.239. The van der Waals surface area contributed by atoms with Crippen LogP contribution in [0.2, 0.25) is 0 Å². The van der Waals surface area contributed by atoms with Crippen LogP contribution in [0.15, 0.2) is 58.6 Å². The molecule has 6 nitrogen and oxygen atoms in total. The molecular formula is C16H20N2O4. The van der Waals surface area contributed by atoms with Gasteiger partial charge >= 0.3 is 0 Å². The topological polar surface area (TPSA) is 64.8 Å². The third kappa shape index (κ3) is 3.12. The summed E-state index contributed by atoms with van der Waals surface area (Å²) in [5.41, 5.74) is 1.40. The second-order valence-electron chi connectivity index (χ2n) is 4.89. The third-order valence-electron chi connectivity index (χ3n) is 3.22. The maximum atomic E-state index is 12.3.